The maximum absolute atomic E-state index is 13.0. The first-order valence-electron chi connectivity index (χ1n) is 7.68. The van der Waals surface area contributed by atoms with Gasteiger partial charge in [0.25, 0.3) is 0 Å². The molecule has 0 aromatic rings. The van der Waals surface area contributed by atoms with Crippen molar-refractivity contribution in [3.05, 3.63) is 84.1 Å². The molecule has 0 aliphatic rings. The molecule has 0 rings (SSSR count). The van der Waals surface area contributed by atoms with Crippen molar-refractivity contribution in [1.29, 1.82) is 0 Å². The third-order valence-corrected chi connectivity index (χ3v) is 3.32. The van der Waals surface area contributed by atoms with E-state index in [0.717, 1.165) is 16.7 Å². The smallest absolute Gasteiger partial charge is 0.174 e. The highest BCUT2D eigenvalue weighted by molar-refractivity contribution is 6.03. The van der Waals surface area contributed by atoms with Gasteiger partial charge in [-0.05, 0) is 45.8 Å². The fourth-order valence-corrected chi connectivity index (χ4v) is 2.25. The molecule has 0 saturated carbocycles. The standard InChI is InChI=1S/C21H28O/c1-7-13-16-18(11-5)20(17(10-4)14-8-2)21(22)19(12-6)15-9-3/h7-16,20H,1H2,2-6H3/b14-8-,15-9-,16-13-,17-10+,18-11+,19-12+. The number of hydrogen-bond acceptors (Lipinski definition) is 1. The molecule has 1 heteroatoms. The van der Waals surface area contributed by atoms with Crippen molar-refractivity contribution in [1.82, 2.24) is 0 Å². The lowest BCUT2D eigenvalue weighted by Crippen LogP contribution is -2.19. The van der Waals surface area contributed by atoms with Gasteiger partial charge in [0.2, 0.25) is 0 Å². The molecule has 0 N–H and O–H groups in total. The van der Waals surface area contributed by atoms with E-state index in [1.54, 1.807) is 6.08 Å². The van der Waals surface area contributed by atoms with Gasteiger partial charge in [-0.25, -0.2) is 0 Å². The maximum Gasteiger partial charge on any atom is 0.174 e. The van der Waals surface area contributed by atoms with Crippen LogP contribution in [0, 0.1) is 5.92 Å². The molecule has 0 saturated heterocycles. The SMILES string of the molecule is C=C/C=C\C(=C/C)C(C(=O)C(/C=C\C)=C/C)C(/C=C\C)=C/C. The van der Waals surface area contributed by atoms with E-state index in [0.29, 0.717) is 0 Å². The lowest BCUT2D eigenvalue weighted by atomic mass is 9.83. The molecule has 0 aliphatic carbocycles. The molecule has 0 aliphatic heterocycles. The van der Waals surface area contributed by atoms with Crippen LogP contribution >= 0.6 is 0 Å². The van der Waals surface area contributed by atoms with Gasteiger partial charge in [-0.3, -0.25) is 4.79 Å². The summed E-state index contributed by atoms with van der Waals surface area (Å²) < 4.78 is 0. The topological polar surface area (TPSA) is 17.1 Å². The van der Waals surface area contributed by atoms with E-state index in [1.807, 2.05) is 89.3 Å². The number of hydrogen-bond donors (Lipinski definition) is 0. The summed E-state index contributed by atoms with van der Waals surface area (Å²) in [6, 6.07) is 0. The maximum atomic E-state index is 13.0. The minimum Gasteiger partial charge on any atom is -0.293 e. The van der Waals surface area contributed by atoms with E-state index < -0.39 is 0 Å². The van der Waals surface area contributed by atoms with Gasteiger partial charge < -0.3 is 0 Å². The Morgan fingerprint density at radius 1 is 0.818 bits per heavy atom. The third-order valence-electron chi connectivity index (χ3n) is 3.32. The van der Waals surface area contributed by atoms with Crippen molar-refractivity contribution in [3.8, 4) is 0 Å². The lowest BCUT2D eigenvalue weighted by Gasteiger charge is -2.19. The van der Waals surface area contributed by atoms with E-state index in [1.165, 1.54) is 0 Å². The third kappa shape index (κ3) is 5.69. The second-order valence-electron chi connectivity index (χ2n) is 4.71. The first kappa shape index (κ1) is 19.9. The zero-order chi connectivity index (χ0) is 17.0. The Labute approximate surface area is 135 Å². The highest BCUT2D eigenvalue weighted by atomic mass is 16.1. The predicted molar refractivity (Wildman–Crippen MR) is 98.7 cm³/mol. The first-order valence-corrected chi connectivity index (χ1v) is 7.68. The van der Waals surface area contributed by atoms with Crippen LogP contribution in [0.25, 0.3) is 0 Å². The quantitative estimate of drug-likeness (QED) is 0.402. The van der Waals surface area contributed by atoms with Crippen LogP contribution in [0.4, 0.5) is 0 Å². The van der Waals surface area contributed by atoms with E-state index >= 15 is 0 Å². The van der Waals surface area contributed by atoms with E-state index in [-0.39, 0.29) is 11.7 Å². The summed E-state index contributed by atoms with van der Waals surface area (Å²) in [4.78, 5) is 13.0. The highest BCUT2D eigenvalue weighted by Gasteiger charge is 2.25. The van der Waals surface area contributed by atoms with Crippen molar-refractivity contribution in [2.24, 2.45) is 5.92 Å². The average molecular weight is 296 g/mol. The van der Waals surface area contributed by atoms with E-state index in [2.05, 4.69) is 6.58 Å². The van der Waals surface area contributed by atoms with Crippen LogP contribution in [0.1, 0.15) is 34.6 Å². The highest BCUT2D eigenvalue weighted by Crippen LogP contribution is 2.27. The second-order valence-corrected chi connectivity index (χ2v) is 4.71. The molecular formula is C21H28O. The van der Waals surface area contributed by atoms with Gasteiger partial charge in [0.1, 0.15) is 0 Å². The monoisotopic (exact) mass is 296 g/mol. The fourth-order valence-electron chi connectivity index (χ4n) is 2.25. The first-order chi connectivity index (χ1) is 10.6. The number of rotatable bonds is 8. The van der Waals surface area contributed by atoms with Gasteiger partial charge in [-0.1, -0.05) is 67.3 Å². The number of carbonyl (C=O) groups is 1. The molecule has 1 nitrogen and oxygen atoms in total. The predicted octanol–water partition coefficient (Wildman–Crippen LogP) is 5.91. The van der Waals surface area contributed by atoms with Crippen LogP contribution in [0.5, 0.6) is 0 Å². The Balaban J connectivity index is 6.06. The van der Waals surface area contributed by atoms with Crippen LogP contribution in [-0.2, 0) is 4.79 Å². The minimum atomic E-state index is -0.301. The Bertz CT molecular complexity index is 548. The fraction of sp³-hybridized carbons (Fsp3) is 0.286. The molecule has 0 amide bonds. The lowest BCUT2D eigenvalue weighted by molar-refractivity contribution is -0.116. The number of carbonyl (C=O) groups excluding carboxylic acids is 1. The molecule has 22 heavy (non-hydrogen) atoms. The molecule has 0 aromatic carbocycles. The molecule has 1 unspecified atom stereocenters. The van der Waals surface area contributed by atoms with Crippen LogP contribution in [0.3, 0.4) is 0 Å². The zero-order valence-electron chi connectivity index (χ0n) is 14.5. The van der Waals surface area contributed by atoms with Gasteiger partial charge in [0, 0.05) is 5.57 Å². The number of ketones is 1. The van der Waals surface area contributed by atoms with Gasteiger partial charge in [0.05, 0.1) is 5.92 Å². The summed E-state index contributed by atoms with van der Waals surface area (Å²) in [6.45, 7) is 13.4. The van der Waals surface area contributed by atoms with Crippen LogP contribution < -0.4 is 0 Å². The summed E-state index contributed by atoms with van der Waals surface area (Å²) in [6.07, 6.45) is 19.1. The van der Waals surface area contributed by atoms with Crippen LogP contribution in [0.15, 0.2) is 84.1 Å². The van der Waals surface area contributed by atoms with Crippen LogP contribution in [-0.4, -0.2) is 5.78 Å². The molecule has 0 spiro atoms. The molecule has 0 radical (unpaired) electrons. The Morgan fingerprint density at radius 3 is 1.77 bits per heavy atom. The largest absolute Gasteiger partial charge is 0.293 e. The second kappa shape index (κ2) is 11.5. The summed E-state index contributed by atoms with van der Waals surface area (Å²) in [5.41, 5.74) is 2.70. The Hall–Kier alpha value is -2.15. The Morgan fingerprint density at radius 2 is 1.36 bits per heavy atom. The number of allylic oxidation sites excluding steroid dienone is 13. The van der Waals surface area contributed by atoms with Crippen molar-refractivity contribution in [2.45, 2.75) is 34.6 Å². The van der Waals surface area contributed by atoms with Crippen molar-refractivity contribution in [3.63, 3.8) is 0 Å². The molecule has 1 atom stereocenters. The van der Waals surface area contributed by atoms with Gasteiger partial charge >= 0.3 is 0 Å². The normalized spacial score (nSPS) is 16.0. The molecule has 0 aromatic heterocycles. The summed E-state index contributed by atoms with van der Waals surface area (Å²) >= 11 is 0. The van der Waals surface area contributed by atoms with Gasteiger partial charge in [-0.2, -0.15) is 0 Å². The molecule has 118 valence electrons. The summed E-state index contributed by atoms with van der Waals surface area (Å²) in [5.74, 6) is -0.196. The molecular weight excluding hydrogens is 268 g/mol. The molecule has 0 bridgehead atoms. The summed E-state index contributed by atoms with van der Waals surface area (Å²) in [7, 11) is 0. The zero-order valence-corrected chi connectivity index (χ0v) is 14.5. The van der Waals surface area contributed by atoms with Gasteiger partial charge in [-0.15, -0.1) is 0 Å². The molecule has 0 fully saturated rings. The summed E-state index contributed by atoms with van der Waals surface area (Å²) in [5, 5.41) is 0. The van der Waals surface area contributed by atoms with Crippen molar-refractivity contribution >= 4 is 5.78 Å². The number of Topliss-reactive ketones (excluding diaryl/α,β-unsaturated/α-hetero) is 1. The molecule has 0 heterocycles. The Kier molecular flexibility index (Phi) is 10.4. The van der Waals surface area contributed by atoms with E-state index in [4.69, 9.17) is 0 Å². The van der Waals surface area contributed by atoms with E-state index in [9.17, 15) is 4.79 Å². The average Bonchev–Trinajstić information content (AvgIpc) is 2.54. The van der Waals surface area contributed by atoms with Crippen molar-refractivity contribution in [2.75, 3.05) is 0 Å². The minimum absolute atomic E-state index is 0.105. The van der Waals surface area contributed by atoms with Crippen LogP contribution in [0.2, 0.25) is 0 Å². The van der Waals surface area contributed by atoms with Crippen molar-refractivity contribution < 1.29 is 4.79 Å². The van der Waals surface area contributed by atoms with Gasteiger partial charge in [0.15, 0.2) is 5.78 Å².